The standard InChI is InChI=1S/C33H22O/c34-33(31-20-8-15-25-11-2-5-18-29(25)31,32-21-9-16-26-12-3-6-19-30(26)32)23-22-27-14-7-13-24-10-1-4-17-28(24)27/h1-21,34H. The summed E-state index contributed by atoms with van der Waals surface area (Å²) in [6.07, 6.45) is 0. The summed E-state index contributed by atoms with van der Waals surface area (Å²) in [4.78, 5) is 0. The minimum absolute atomic E-state index is 0.787. The van der Waals surface area contributed by atoms with Gasteiger partial charge in [0.25, 0.3) is 0 Å². The molecule has 1 heteroatoms. The molecule has 0 heterocycles. The Morgan fingerprint density at radius 2 is 0.853 bits per heavy atom. The first-order chi connectivity index (χ1) is 16.7. The van der Waals surface area contributed by atoms with Gasteiger partial charge >= 0.3 is 0 Å². The van der Waals surface area contributed by atoms with Crippen LogP contribution in [0.3, 0.4) is 0 Å². The van der Waals surface area contributed by atoms with Crippen LogP contribution in [-0.2, 0) is 5.60 Å². The van der Waals surface area contributed by atoms with E-state index in [1.165, 1.54) is 0 Å². The second-order valence-corrected chi connectivity index (χ2v) is 8.54. The molecule has 0 unspecified atom stereocenters. The van der Waals surface area contributed by atoms with Crippen LogP contribution < -0.4 is 0 Å². The molecule has 160 valence electrons. The summed E-state index contributed by atoms with van der Waals surface area (Å²) < 4.78 is 0. The highest BCUT2D eigenvalue weighted by atomic mass is 16.3. The average Bonchev–Trinajstić information content (AvgIpc) is 2.91. The molecule has 0 aliphatic heterocycles. The molecule has 0 atom stereocenters. The van der Waals surface area contributed by atoms with Crippen molar-refractivity contribution in [3.8, 4) is 11.8 Å². The zero-order chi connectivity index (χ0) is 23.0. The van der Waals surface area contributed by atoms with Gasteiger partial charge in [-0.15, -0.1) is 0 Å². The number of hydrogen-bond acceptors (Lipinski definition) is 1. The Labute approximate surface area is 198 Å². The fraction of sp³-hybridized carbons (Fsp3) is 0.0303. The lowest BCUT2D eigenvalue weighted by Gasteiger charge is -2.26. The van der Waals surface area contributed by atoms with Crippen molar-refractivity contribution < 1.29 is 5.11 Å². The monoisotopic (exact) mass is 434 g/mol. The van der Waals surface area contributed by atoms with Gasteiger partial charge in [-0.2, -0.15) is 0 Å². The zero-order valence-electron chi connectivity index (χ0n) is 18.6. The molecule has 0 spiro atoms. The van der Waals surface area contributed by atoms with Gasteiger partial charge in [-0.05, 0) is 38.4 Å². The first-order valence-electron chi connectivity index (χ1n) is 11.4. The first kappa shape index (κ1) is 20.2. The maximum atomic E-state index is 12.5. The van der Waals surface area contributed by atoms with E-state index in [4.69, 9.17) is 0 Å². The second kappa shape index (κ2) is 8.19. The molecule has 0 bridgehead atoms. The van der Waals surface area contributed by atoms with Crippen LogP contribution in [-0.4, -0.2) is 5.11 Å². The van der Waals surface area contributed by atoms with Gasteiger partial charge in [0.1, 0.15) is 0 Å². The smallest absolute Gasteiger partial charge is 0.178 e. The number of rotatable bonds is 2. The molecule has 0 radical (unpaired) electrons. The minimum atomic E-state index is -1.50. The summed E-state index contributed by atoms with van der Waals surface area (Å²) in [6.45, 7) is 0. The van der Waals surface area contributed by atoms with Gasteiger partial charge < -0.3 is 5.11 Å². The van der Waals surface area contributed by atoms with E-state index in [1.54, 1.807) is 0 Å². The number of hydrogen-bond donors (Lipinski definition) is 1. The molecule has 6 rings (SSSR count). The van der Waals surface area contributed by atoms with Gasteiger partial charge in [0.15, 0.2) is 5.60 Å². The maximum absolute atomic E-state index is 12.5. The maximum Gasteiger partial charge on any atom is 0.178 e. The topological polar surface area (TPSA) is 20.2 Å². The Hall–Kier alpha value is -4.38. The largest absolute Gasteiger partial charge is 0.369 e. The van der Waals surface area contributed by atoms with Gasteiger partial charge in [0.2, 0.25) is 0 Å². The van der Waals surface area contributed by atoms with E-state index in [9.17, 15) is 5.11 Å². The van der Waals surface area contributed by atoms with Crippen LogP contribution in [0, 0.1) is 11.8 Å². The fourth-order valence-corrected chi connectivity index (χ4v) is 4.85. The van der Waals surface area contributed by atoms with Crippen LogP contribution in [0.4, 0.5) is 0 Å². The summed E-state index contributed by atoms with van der Waals surface area (Å²) >= 11 is 0. The van der Waals surface area contributed by atoms with Crippen molar-refractivity contribution in [2.24, 2.45) is 0 Å². The molecule has 1 nitrogen and oxygen atoms in total. The lowest BCUT2D eigenvalue weighted by Crippen LogP contribution is -2.26. The van der Waals surface area contributed by atoms with E-state index in [-0.39, 0.29) is 0 Å². The highest BCUT2D eigenvalue weighted by Crippen LogP contribution is 2.38. The van der Waals surface area contributed by atoms with Crippen molar-refractivity contribution in [2.75, 3.05) is 0 Å². The van der Waals surface area contributed by atoms with E-state index in [2.05, 4.69) is 66.4 Å². The van der Waals surface area contributed by atoms with Crippen molar-refractivity contribution in [3.63, 3.8) is 0 Å². The molecule has 0 aromatic heterocycles. The summed E-state index contributed by atoms with van der Waals surface area (Å²) in [5, 5.41) is 18.9. The van der Waals surface area contributed by atoms with Crippen LogP contribution in [0.15, 0.2) is 127 Å². The van der Waals surface area contributed by atoms with E-state index < -0.39 is 5.60 Å². The van der Waals surface area contributed by atoms with Gasteiger partial charge in [0.05, 0.1) is 0 Å². The van der Waals surface area contributed by atoms with Gasteiger partial charge in [-0.25, -0.2) is 0 Å². The SMILES string of the molecule is OC(C#Cc1cccc2ccccc12)(c1cccc2ccccc12)c1cccc2ccccc12. The third kappa shape index (κ3) is 3.33. The van der Waals surface area contributed by atoms with E-state index in [0.717, 1.165) is 49.0 Å². The molecule has 0 fully saturated rings. The van der Waals surface area contributed by atoms with Crippen molar-refractivity contribution >= 4 is 32.3 Å². The molecule has 1 N–H and O–H groups in total. The Morgan fingerprint density at radius 3 is 1.41 bits per heavy atom. The van der Waals surface area contributed by atoms with Crippen molar-refractivity contribution in [3.05, 3.63) is 144 Å². The number of fused-ring (bicyclic) bond motifs is 3. The van der Waals surface area contributed by atoms with Crippen LogP contribution in [0.2, 0.25) is 0 Å². The predicted molar refractivity (Wildman–Crippen MR) is 142 cm³/mol. The molecule has 0 aliphatic rings. The third-order valence-corrected chi connectivity index (χ3v) is 6.53. The highest BCUT2D eigenvalue weighted by Gasteiger charge is 2.33. The summed E-state index contributed by atoms with van der Waals surface area (Å²) in [6, 6.07) is 42.7. The summed E-state index contributed by atoms with van der Waals surface area (Å²) in [5.74, 6) is 6.68. The van der Waals surface area contributed by atoms with Gasteiger partial charge in [-0.3, -0.25) is 0 Å². The van der Waals surface area contributed by atoms with E-state index >= 15 is 0 Å². The molecule has 0 saturated heterocycles. The number of aliphatic hydroxyl groups is 1. The van der Waals surface area contributed by atoms with Crippen molar-refractivity contribution in [1.29, 1.82) is 0 Å². The highest BCUT2D eigenvalue weighted by molar-refractivity contribution is 5.92. The summed E-state index contributed by atoms with van der Waals surface area (Å²) in [7, 11) is 0. The molecule has 6 aromatic rings. The van der Waals surface area contributed by atoms with Gasteiger partial charge in [0, 0.05) is 16.7 Å². The zero-order valence-corrected chi connectivity index (χ0v) is 18.6. The third-order valence-electron chi connectivity index (χ3n) is 6.53. The van der Waals surface area contributed by atoms with Crippen LogP contribution in [0.5, 0.6) is 0 Å². The predicted octanol–water partition coefficient (Wildman–Crippen LogP) is 7.43. The summed E-state index contributed by atoms with van der Waals surface area (Å²) in [5.41, 5.74) is 0.972. The minimum Gasteiger partial charge on any atom is -0.369 e. The van der Waals surface area contributed by atoms with Crippen LogP contribution in [0.1, 0.15) is 16.7 Å². The quantitative estimate of drug-likeness (QED) is 0.281. The van der Waals surface area contributed by atoms with E-state index in [0.29, 0.717) is 0 Å². The first-order valence-corrected chi connectivity index (χ1v) is 11.4. The van der Waals surface area contributed by atoms with Crippen LogP contribution in [0.25, 0.3) is 32.3 Å². The average molecular weight is 435 g/mol. The van der Waals surface area contributed by atoms with Crippen molar-refractivity contribution in [2.45, 2.75) is 5.60 Å². The van der Waals surface area contributed by atoms with Crippen molar-refractivity contribution in [1.82, 2.24) is 0 Å². The second-order valence-electron chi connectivity index (χ2n) is 8.54. The molecular weight excluding hydrogens is 412 g/mol. The molecule has 0 saturated carbocycles. The normalized spacial score (nSPS) is 11.4. The fourth-order valence-electron chi connectivity index (χ4n) is 4.85. The van der Waals surface area contributed by atoms with Crippen LogP contribution >= 0.6 is 0 Å². The lowest BCUT2D eigenvalue weighted by atomic mass is 9.81. The Morgan fingerprint density at radius 1 is 0.441 bits per heavy atom. The molecule has 0 aliphatic carbocycles. The Kier molecular flexibility index (Phi) is 4.88. The van der Waals surface area contributed by atoms with Gasteiger partial charge in [-0.1, -0.05) is 133 Å². The molecule has 6 aromatic carbocycles. The molecular formula is C33H22O. The molecule has 34 heavy (non-hydrogen) atoms. The number of benzene rings is 6. The Balaban J connectivity index is 1.67. The lowest BCUT2D eigenvalue weighted by molar-refractivity contribution is 0.148. The van der Waals surface area contributed by atoms with E-state index in [1.807, 2.05) is 72.8 Å². The molecule has 0 amide bonds. The Bertz CT molecular complexity index is 1640.